The normalized spacial score (nSPS) is 10.1. The van der Waals surface area contributed by atoms with Gasteiger partial charge in [0.15, 0.2) is 6.61 Å². The van der Waals surface area contributed by atoms with Crippen LogP contribution >= 0.6 is 11.6 Å². The Balaban J connectivity index is 1.95. The largest absolute Gasteiger partial charge is 0.496 e. The summed E-state index contributed by atoms with van der Waals surface area (Å²) in [7, 11) is 2.77. The highest BCUT2D eigenvalue weighted by molar-refractivity contribution is 6.30. The molecule has 0 radical (unpaired) electrons. The number of amides is 1. The van der Waals surface area contributed by atoms with E-state index in [1.54, 1.807) is 18.2 Å². The SMILES string of the molecule is COc1ccc(Cl)cc1CC(=O)OCC(=O)Nc1ccc([N+](=O)[O-])cc1OC. The first-order chi connectivity index (χ1) is 13.3. The molecule has 1 N–H and O–H groups in total. The molecule has 0 aliphatic rings. The third-order valence-corrected chi connectivity index (χ3v) is 3.85. The van der Waals surface area contributed by atoms with Crippen molar-refractivity contribution in [3.63, 3.8) is 0 Å². The Morgan fingerprint density at radius 2 is 1.82 bits per heavy atom. The number of ether oxygens (including phenoxy) is 3. The number of nitro groups is 1. The van der Waals surface area contributed by atoms with Crippen LogP contribution in [0.15, 0.2) is 36.4 Å². The molecule has 0 saturated carbocycles. The lowest BCUT2D eigenvalue weighted by Gasteiger charge is -2.11. The van der Waals surface area contributed by atoms with E-state index >= 15 is 0 Å². The van der Waals surface area contributed by atoms with Crippen LogP contribution in [0, 0.1) is 10.1 Å². The van der Waals surface area contributed by atoms with E-state index in [2.05, 4.69) is 5.32 Å². The molecule has 1 amide bonds. The van der Waals surface area contributed by atoms with Gasteiger partial charge >= 0.3 is 5.97 Å². The molecule has 2 rings (SSSR count). The van der Waals surface area contributed by atoms with Gasteiger partial charge in [0, 0.05) is 16.7 Å². The zero-order valence-corrected chi connectivity index (χ0v) is 15.8. The molecular weight excluding hydrogens is 392 g/mol. The standard InChI is InChI=1S/C18H17ClN2O7/c1-26-15-6-3-12(19)7-11(15)8-18(23)28-10-17(22)20-14-5-4-13(21(24)25)9-16(14)27-2/h3-7,9H,8,10H2,1-2H3,(H,20,22). The molecule has 0 aliphatic carbocycles. The Hall–Kier alpha value is -3.33. The van der Waals surface area contributed by atoms with Crippen LogP contribution in [0.1, 0.15) is 5.56 Å². The molecule has 0 spiro atoms. The van der Waals surface area contributed by atoms with Gasteiger partial charge in [-0.1, -0.05) is 11.6 Å². The molecule has 9 nitrogen and oxygen atoms in total. The lowest BCUT2D eigenvalue weighted by atomic mass is 10.1. The third kappa shape index (κ3) is 5.58. The lowest BCUT2D eigenvalue weighted by Crippen LogP contribution is -2.22. The minimum Gasteiger partial charge on any atom is -0.496 e. The second-order valence-corrected chi connectivity index (χ2v) is 5.92. The van der Waals surface area contributed by atoms with Crippen LogP contribution < -0.4 is 14.8 Å². The average molecular weight is 409 g/mol. The molecule has 0 heterocycles. The molecule has 148 valence electrons. The van der Waals surface area contributed by atoms with E-state index in [0.717, 1.165) is 0 Å². The monoisotopic (exact) mass is 408 g/mol. The number of carbonyl (C=O) groups excluding carboxylic acids is 2. The topological polar surface area (TPSA) is 117 Å². The van der Waals surface area contributed by atoms with Crippen molar-refractivity contribution < 1.29 is 28.7 Å². The minimum atomic E-state index is -0.647. The molecule has 28 heavy (non-hydrogen) atoms. The van der Waals surface area contributed by atoms with Gasteiger partial charge in [0.25, 0.3) is 11.6 Å². The molecule has 0 atom stereocenters. The molecule has 0 fully saturated rings. The number of rotatable bonds is 8. The Labute approximate surface area is 165 Å². The predicted octanol–water partition coefficient (Wildman–Crippen LogP) is 2.99. The van der Waals surface area contributed by atoms with E-state index in [9.17, 15) is 19.7 Å². The second-order valence-electron chi connectivity index (χ2n) is 5.48. The van der Waals surface area contributed by atoms with Crippen LogP contribution in [0.25, 0.3) is 0 Å². The first-order valence-corrected chi connectivity index (χ1v) is 8.32. The number of methoxy groups -OCH3 is 2. The highest BCUT2D eigenvalue weighted by Crippen LogP contribution is 2.29. The number of anilines is 1. The number of esters is 1. The van der Waals surface area contributed by atoms with Crippen LogP contribution in [0.2, 0.25) is 5.02 Å². The fraction of sp³-hybridized carbons (Fsp3) is 0.222. The molecule has 2 aromatic rings. The summed E-state index contributed by atoms with van der Waals surface area (Å²) >= 11 is 5.91. The quantitative estimate of drug-likeness (QED) is 0.405. The highest BCUT2D eigenvalue weighted by Gasteiger charge is 2.16. The molecule has 2 aromatic carbocycles. The van der Waals surface area contributed by atoms with Gasteiger partial charge < -0.3 is 19.5 Å². The van der Waals surface area contributed by atoms with Crippen LogP contribution in [0.3, 0.4) is 0 Å². The van der Waals surface area contributed by atoms with Crippen molar-refractivity contribution in [3.8, 4) is 11.5 Å². The highest BCUT2D eigenvalue weighted by atomic mass is 35.5. The lowest BCUT2D eigenvalue weighted by molar-refractivity contribution is -0.384. The van der Waals surface area contributed by atoms with Crippen LogP contribution in [-0.4, -0.2) is 37.6 Å². The number of nitrogens with zero attached hydrogens (tertiary/aromatic N) is 1. The molecular formula is C18H17ClN2O7. The minimum absolute atomic E-state index is 0.109. The van der Waals surface area contributed by atoms with Gasteiger partial charge in [-0.2, -0.15) is 0 Å². The molecule has 0 aliphatic heterocycles. The summed E-state index contributed by atoms with van der Waals surface area (Å²) < 4.78 is 15.1. The van der Waals surface area contributed by atoms with E-state index < -0.39 is 23.4 Å². The smallest absolute Gasteiger partial charge is 0.310 e. The number of nitrogens with one attached hydrogen (secondary N) is 1. The summed E-state index contributed by atoms with van der Waals surface area (Å²) in [5, 5.41) is 13.7. The first-order valence-electron chi connectivity index (χ1n) is 7.94. The summed E-state index contributed by atoms with van der Waals surface area (Å²) in [5.41, 5.74) is 0.555. The summed E-state index contributed by atoms with van der Waals surface area (Å²) in [6.45, 7) is -0.540. The van der Waals surface area contributed by atoms with Crippen LogP contribution in [0.5, 0.6) is 11.5 Å². The van der Waals surface area contributed by atoms with Crippen LogP contribution in [-0.2, 0) is 20.7 Å². The van der Waals surface area contributed by atoms with Crippen LogP contribution in [0.4, 0.5) is 11.4 Å². The number of halogens is 1. The van der Waals surface area contributed by atoms with Gasteiger partial charge in [0.2, 0.25) is 0 Å². The Kier molecular flexibility index (Phi) is 7.16. The summed E-state index contributed by atoms with van der Waals surface area (Å²) in [6, 6.07) is 8.54. The number of non-ortho nitro benzene ring substituents is 1. The first kappa shape index (κ1) is 21.0. The van der Waals surface area contributed by atoms with Crippen molar-refractivity contribution in [2.75, 3.05) is 26.1 Å². The molecule has 0 bridgehead atoms. The third-order valence-electron chi connectivity index (χ3n) is 3.61. The number of benzene rings is 2. The van der Waals surface area contributed by atoms with Crippen molar-refractivity contribution in [1.29, 1.82) is 0 Å². The summed E-state index contributed by atoms with van der Waals surface area (Å²) in [6.07, 6.45) is -0.127. The maximum atomic E-state index is 12.0. The molecule has 0 saturated heterocycles. The fourth-order valence-corrected chi connectivity index (χ4v) is 2.52. The predicted molar refractivity (Wildman–Crippen MR) is 101 cm³/mol. The van der Waals surface area contributed by atoms with Gasteiger partial charge in [-0.15, -0.1) is 0 Å². The van der Waals surface area contributed by atoms with Crippen molar-refractivity contribution >= 4 is 34.9 Å². The maximum absolute atomic E-state index is 12.0. The van der Waals surface area contributed by atoms with Gasteiger partial charge in [0.1, 0.15) is 11.5 Å². The number of carbonyl (C=O) groups is 2. The fourth-order valence-electron chi connectivity index (χ4n) is 2.32. The maximum Gasteiger partial charge on any atom is 0.310 e. The Bertz CT molecular complexity index is 901. The average Bonchev–Trinajstić information content (AvgIpc) is 2.66. The van der Waals surface area contributed by atoms with Crippen molar-refractivity contribution in [1.82, 2.24) is 0 Å². The van der Waals surface area contributed by atoms with E-state index in [4.69, 9.17) is 25.8 Å². The van der Waals surface area contributed by atoms with Crippen molar-refractivity contribution in [3.05, 3.63) is 57.1 Å². The summed E-state index contributed by atoms with van der Waals surface area (Å²) in [5.74, 6) is -0.691. The van der Waals surface area contributed by atoms with Gasteiger partial charge in [-0.05, 0) is 24.3 Å². The Morgan fingerprint density at radius 1 is 1.11 bits per heavy atom. The number of hydrogen-bond acceptors (Lipinski definition) is 7. The van der Waals surface area contributed by atoms with Gasteiger partial charge in [0.05, 0.1) is 37.3 Å². The molecule has 0 unspecified atom stereocenters. The zero-order valence-electron chi connectivity index (χ0n) is 15.1. The summed E-state index contributed by atoms with van der Waals surface area (Å²) in [4.78, 5) is 34.2. The van der Waals surface area contributed by atoms with Crippen molar-refractivity contribution in [2.45, 2.75) is 6.42 Å². The van der Waals surface area contributed by atoms with E-state index in [1.165, 1.54) is 32.4 Å². The van der Waals surface area contributed by atoms with Gasteiger partial charge in [-0.3, -0.25) is 19.7 Å². The molecule has 10 heteroatoms. The Morgan fingerprint density at radius 3 is 2.46 bits per heavy atom. The number of hydrogen-bond donors (Lipinski definition) is 1. The van der Waals surface area contributed by atoms with E-state index in [-0.39, 0.29) is 23.5 Å². The second kappa shape index (κ2) is 9.56. The van der Waals surface area contributed by atoms with Gasteiger partial charge in [-0.25, -0.2) is 0 Å². The van der Waals surface area contributed by atoms with E-state index in [1.807, 2.05) is 0 Å². The van der Waals surface area contributed by atoms with E-state index in [0.29, 0.717) is 16.3 Å². The number of nitro benzene ring substituents is 1. The molecule has 0 aromatic heterocycles. The zero-order chi connectivity index (χ0) is 20.7. The van der Waals surface area contributed by atoms with Crippen molar-refractivity contribution in [2.24, 2.45) is 0 Å².